The third-order valence-electron chi connectivity index (χ3n) is 5.67. The molecule has 1 amide bonds. The van der Waals surface area contributed by atoms with E-state index < -0.39 is 10.0 Å². The second kappa shape index (κ2) is 8.78. The van der Waals surface area contributed by atoms with Crippen LogP contribution in [0.5, 0.6) is 0 Å². The summed E-state index contributed by atoms with van der Waals surface area (Å²) < 4.78 is 29.2. The Morgan fingerprint density at radius 3 is 2.45 bits per heavy atom. The molecule has 1 fully saturated rings. The molecule has 0 spiro atoms. The van der Waals surface area contributed by atoms with E-state index in [0.717, 1.165) is 24.3 Å². The molecule has 1 saturated heterocycles. The molecule has 0 radical (unpaired) electrons. The molecule has 1 aromatic carbocycles. The van der Waals surface area contributed by atoms with Crippen molar-refractivity contribution in [3.63, 3.8) is 0 Å². The predicted molar refractivity (Wildman–Crippen MR) is 118 cm³/mol. The van der Waals surface area contributed by atoms with Crippen LogP contribution in [0.3, 0.4) is 0 Å². The lowest BCUT2D eigenvalue weighted by molar-refractivity contribution is 0.0950. The second-order valence-corrected chi connectivity index (χ2v) is 9.91. The number of benzene rings is 1. The normalized spacial score (nSPS) is 16.1. The van der Waals surface area contributed by atoms with Gasteiger partial charge in [0, 0.05) is 57.4 Å². The minimum atomic E-state index is -3.51. The summed E-state index contributed by atoms with van der Waals surface area (Å²) in [4.78, 5) is 19.2. The number of hydrogen-bond acceptors (Lipinski definition) is 5. The van der Waals surface area contributed by atoms with Gasteiger partial charge in [-0.1, -0.05) is 12.1 Å². The minimum absolute atomic E-state index is 0.199. The fraction of sp³-hybridized carbons (Fsp3) is 0.364. The van der Waals surface area contributed by atoms with E-state index in [2.05, 4.69) is 29.0 Å². The van der Waals surface area contributed by atoms with Crippen molar-refractivity contribution in [3.8, 4) is 0 Å². The summed E-state index contributed by atoms with van der Waals surface area (Å²) in [7, 11) is -3.51. The van der Waals surface area contributed by atoms with Crippen LogP contribution >= 0.6 is 0 Å². The highest BCUT2D eigenvalue weighted by atomic mass is 32.2. The fourth-order valence-corrected chi connectivity index (χ4v) is 5.15. The number of imidazole rings is 1. The summed E-state index contributed by atoms with van der Waals surface area (Å²) in [6.07, 6.45) is 5.19. The Labute approximate surface area is 182 Å². The van der Waals surface area contributed by atoms with Crippen LogP contribution in [-0.4, -0.2) is 65.1 Å². The molecule has 9 heteroatoms. The van der Waals surface area contributed by atoms with E-state index in [0.29, 0.717) is 31.2 Å². The van der Waals surface area contributed by atoms with Gasteiger partial charge in [0.1, 0.15) is 5.65 Å². The molecule has 1 aliphatic rings. The van der Waals surface area contributed by atoms with E-state index in [9.17, 15) is 13.2 Å². The smallest absolute Gasteiger partial charge is 0.253 e. The summed E-state index contributed by atoms with van der Waals surface area (Å²) in [6, 6.07) is 10.7. The quantitative estimate of drug-likeness (QED) is 0.632. The van der Waals surface area contributed by atoms with Crippen LogP contribution < -0.4 is 5.32 Å². The Morgan fingerprint density at radius 1 is 1.06 bits per heavy atom. The maximum atomic E-state index is 12.9. The molecular weight excluding hydrogens is 414 g/mol. The van der Waals surface area contributed by atoms with Crippen LogP contribution in [0, 0.1) is 0 Å². The number of nitrogens with one attached hydrogen (secondary N) is 1. The maximum Gasteiger partial charge on any atom is 0.253 e. The Kier molecular flexibility index (Phi) is 6.08. The number of fused-ring (bicyclic) bond motifs is 1. The molecule has 31 heavy (non-hydrogen) atoms. The van der Waals surface area contributed by atoms with Gasteiger partial charge in [0.2, 0.25) is 10.0 Å². The van der Waals surface area contributed by atoms with Gasteiger partial charge in [-0.15, -0.1) is 0 Å². The van der Waals surface area contributed by atoms with Crippen molar-refractivity contribution in [2.75, 3.05) is 26.2 Å². The van der Waals surface area contributed by atoms with Crippen molar-refractivity contribution >= 4 is 21.6 Å². The molecule has 0 aliphatic carbocycles. The van der Waals surface area contributed by atoms with Crippen LogP contribution in [0.25, 0.3) is 5.65 Å². The van der Waals surface area contributed by atoms with E-state index in [1.165, 1.54) is 0 Å². The van der Waals surface area contributed by atoms with Crippen LogP contribution in [0.15, 0.2) is 59.9 Å². The number of nitrogens with zero attached hydrogens (tertiary/aromatic N) is 4. The standard InChI is InChI=1S/C22H27N5O3S/c1-17(2)25-11-13-27(14-12-25)31(29,30)20-6-3-18(4-7-20)15-24-22(28)19-5-8-21-23-9-10-26(21)16-19/h3-10,16-17H,11-15H2,1-2H3,(H,24,28). The minimum Gasteiger partial charge on any atom is -0.348 e. The highest BCUT2D eigenvalue weighted by Crippen LogP contribution is 2.19. The van der Waals surface area contributed by atoms with Gasteiger partial charge in [-0.3, -0.25) is 9.69 Å². The number of sulfonamides is 1. The van der Waals surface area contributed by atoms with Crippen LogP contribution in [0.2, 0.25) is 0 Å². The summed E-state index contributed by atoms with van der Waals surface area (Å²) in [5.74, 6) is -0.199. The first-order chi connectivity index (χ1) is 14.8. The SMILES string of the molecule is CC(C)N1CCN(S(=O)(=O)c2ccc(CNC(=O)c3ccc4nccn4c3)cc2)CC1. The molecule has 1 N–H and O–H groups in total. The highest BCUT2D eigenvalue weighted by molar-refractivity contribution is 7.89. The number of hydrogen-bond donors (Lipinski definition) is 1. The molecule has 3 aromatic rings. The van der Waals surface area contributed by atoms with Crippen molar-refractivity contribution in [2.45, 2.75) is 31.3 Å². The molecule has 164 valence electrons. The molecule has 0 unspecified atom stereocenters. The van der Waals surface area contributed by atoms with Gasteiger partial charge in [-0.25, -0.2) is 13.4 Å². The van der Waals surface area contributed by atoms with E-state index in [1.54, 1.807) is 63.7 Å². The predicted octanol–water partition coefficient (Wildman–Crippen LogP) is 1.98. The zero-order valence-corrected chi connectivity index (χ0v) is 18.5. The number of carbonyl (C=O) groups excluding carboxylic acids is 1. The summed E-state index contributed by atoms with van der Waals surface area (Å²) in [5, 5.41) is 2.87. The molecule has 8 nitrogen and oxygen atoms in total. The molecular formula is C22H27N5O3S. The van der Waals surface area contributed by atoms with Crippen molar-refractivity contribution in [1.82, 2.24) is 23.9 Å². The van der Waals surface area contributed by atoms with Gasteiger partial charge >= 0.3 is 0 Å². The lowest BCUT2D eigenvalue weighted by atomic mass is 10.2. The first kappa shape index (κ1) is 21.5. The van der Waals surface area contributed by atoms with Gasteiger partial charge < -0.3 is 9.72 Å². The average molecular weight is 442 g/mol. The monoisotopic (exact) mass is 441 g/mol. The summed E-state index contributed by atoms with van der Waals surface area (Å²) >= 11 is 0. The first-order valence-electron chi connectivity index (χ1n) is 10.4. The van der Waals surface area contributed by atoms with Gasteiger partial charge in [0.25, 0.3) is 5.91 Å². The van der Waals surface area contributed by atoms with E-state index in [-0.39, 0.29) is 10.8 Å². The summed E-state index contributed by atoms with van der Waals surface area (Å²) in [5.41, 5.74) is 2.14. The van der Waals surface area contributed by atoms with E-state index >= 15 is 0 Å². The summed E-state index contributed by atoms with van der Waals surface area (Å²) in [6.45, 7) is 7.04. The van der Waals surface area contributed by atoms with Crippen LogP contribution in [0.4, 0.5) is 0 Å². The largest absolute Gasteiger partial charge is 0.348 e. The molecule has 1 aliphatic heterocycles. The molecule has 3 heterocycles. The van der Waals surface area contributed by atoms with Crippen LogP contribution in [-0.2, 0) is 16.6 Å². The van der Waals surface area contributed by atoms with E-state index in [1.807, 2.05) is 0 Å². The number of pyridine rings is 1. The van der Waals surface area contributed by atoms with Gasteiger partial charge in [0.15, 0.2) is 0 Å². The van der Waals surface area contributed by atoms with Crippen molar-refractivity contribution in [3.05, 3.63) is 66.1 Å². The maximum absolute atomic E-state index is 12.9. The Bertz CT molecular complexity index is 1160. The third-order valence-corrected chi connectivity index (χ3v) is 7.58. The molecule has 0 atom stereocenters. The Hall–Kier alpha value is -2.75. The van der Waals surface area contributed by atoms with Gasteiger partial charge in [-0.05, 0) is 43.7 Å². The highest BCUT2D eigenvalue weighted by Gasteiger charge is 2.29. The lowest BCUT2D eigenvalue weighted by Gasteiger charge is -2.36. The second-order valence-electron chi connectivity index (χ2n) is 7.97. The third kappa shape index (κ3) is 4.63. The number of aromatic nitrogens is 2. The van der Waals surface area contributed by atoms with Crippen LogP contribution in [0.1, 0.15) is 29.8 Å². The molecule has 0 bridgehead atoms. The number of amides is 1. The Balaban J connectivity index is 1.37. The first-order valence-corrected chi connectivity index (χ1v) is 11.8. The van der Waals surface area contributed by atoms with Gasteiger partial charge in [-0.2, -0.15) is 4.31 Å². The topological polar surface area (TPSA) is 87.0 Å². The van der Waals surface area contributed by atoms with Crippen molar-refractivity contribution in [1.29, 1.82) is 0 Å². The molecule has 0 saturated carbocycles. The van der Waals surface area contributed by atoms with Crippen molar-refractivity contribution in [2.24, 2.45) is 0 Å². The van der Waals surface area contributed by atoms with Gasteiger partial charge in [0.05, 0.1) is 10.5 Å². The zero-order chi connectivity index (χ0) is 22.0. The number of piperazine rings is 1. The Morgan fingerprint density at radius 2 is 1.77 bits per heavy atom. The molecule has 4 rings (SSSR count). The molecule has 2 aromatic heterocycles. The zero-order valence-electron chi connectivity index (χ0n) is 17.7. The van der Waals surface area contributed by atoms with E-state index in [4.69, 9.17) is 0 Å². The number of carbonyl (C=O) groups is 1. The average Bonchev–Trinajstić information content (AvgIpc) is 3.25. The fourth-order valence-electron chi connectivity index (χ4n) is 3.73. The van der Waals surface area contributed by atoms with Crippen molar-refractivity contribution < 1.29 is 13.2 Å². The lowest BCUT2D eigenvalue weighted by Crippen LogP contribution is -2.50. The number of rotatable bonds is 6.